The highest BCUT2D eigenvalue weighted by Crippen LogP contribution is 2.44. The summed E-state index contributed by atoms with van der Waals surface area (Å²) in [5.74, 6) is -7.15. The SMILES string of the molecule is CCCNC(=O)/C=C1/c2cc(F)ccc2N(C(=O)c2ccc(OC[C@@H](C)F)cc2C(F)(F)F)CCC1(F)F. The number of halogens is 7. The molecule has 0 bridgehead atoms. The van der Waals surface area contributed by atoms with Crippen molar-refractivity contribution in [3.8, 4) is 5.75 Å². The third-order valence-electron chi connectivity index (χ3n) is 5.66. The second kappa shape index (κ2) is 11.4. The molecule has 3 rings (SSSR count). The molecule has 38 heavy (non-hydrogen) atoms. The van der Waals surface area contributed by atoms with Crippen LogP contribution in [0.5, 0.6) is 5.75 Å². The first kappa shape index (κ1) is 29.0. The number of allylic oxidation sites excluding steroid dienone is 1. The minimum Gasteiger partial charge on any atom is -0.491 e. The number of fused-ring (bicyclic) bond motifs is 1. The van der Waals surface area contributed by atoms with E-state index in [2.05, 4.69) is 5.32 Å². The highest BCUT2D eigenvalue weighted by Gasteiger charge is 2.43. The van der Waals surface area contributed by atoms with Crippen molar-refractivity contribution in [2.24, 2.45) is 0 Å². The molecule has 0 spiro atoms. The van der Waals surface area contributed by atoms with Crippen LogP contribution < -0.4 is 15.0 Å². The van der Waals surface area contributed by atoms with Gasteiger partial charge in [0.1, 0.15) is 24.3 Å². The van der Waals surface area contributed by atoms with Crippen LogP contribution in [-0.2, 0) is 11.0 Å². The lowest BCUT2D eigenvalue weighted by atomic mass is 9.96. The second-order valence-corrected chi connectivity index (χ2v) is 8.72. The zero-order valence-corrected chi connectivity index (χ0v) is 20.5. The van der Waals surface area contributed by atoms with Gasteiger partial charge in [-0.1, -0.05) is 6.92 Å². The minimum absolute atomic E-state index is 0.193. The van der Waals surface area contributed by atoms with Crippen LogP contribution in [0.25, 0.3) is 5.57 Å². The molecule has 0 aliphatic carbocycles. The monoisotopic (exact) mass is 546 g/mol. The van der Waals surface area contributed by atoms with E-state index in [0.29, 0.717) is 29.5 Å². The number of rotatable bonds is 7. The maximum Gasteiger partial charge on any atom is 0.417 e. The summed E-state index contributed by atoms with van der Waals surface area (Å²) < 4.78 is 104. The Labute approximate surface area is 214 Å². The van der Waals surface area contributed by atoms with Gasteiger partial charge in [0.25, 0.3) is 11.8 Å². The van der Waals surface area contributed by atoms with Crippen molar-refractivity contribution >= 4 is 23.1 Å². The van der Waals surface area contributed by atoms with Gasteiger partial charge in [0, 0.05) is 36.7 Å². The Morgan fingerprint density at radius 2 is 1.89 bits per heavy atom. The van der Waals surface area contributed by atoms with Crippen LogP contribution in [0.2, 0.25) is 0 Å². The van der Waals surface area contributed by atoms with Crippen LogP contribution in [0.3, 0.4) is 0 Å². The zero-order chi connectivity index (χ0) is 28.3. The number of hydrogen-bond acceptors (Lipinski definition) is 3. The van der Waals surface area contributed by atoms with Crippen LogP contribution in [0.1, 0.15) is 48.2 Å². The predicted octanol–water partition coefficient (Wildman–Crippen LogP) is 6.18. The first-order valence-electron chi connectivity index (χ1n) is 11.7. The van der Waals surface area contributed by atoms with Crippen molar-refractivity contribution in [1.82, 2.24) is 5.32 Å². The van der Waals surface area contributed by atoms with Gasteiger partial charge in [-0.15, -0.1) is 0 Å². The molecular formula is C26H25F7N2O3. The molecule has 206 valence electrons. The average Bonchev–Trinajstić information content (AvgIpc) is 2.94. The standard InChI is InChI=1S/C26H25F7N2O3/c1-3-9-34-23(36)13-20-19-11-16(28)4-7-22(19)35(10-8-25(20,29)30)24(37)18-6-5-17(38-14-15(2)27)12-21(18)26(31,32)33/h4-7,11-13,15H,3,8-10,14H2,1-2H3,(H,34,36)/b20-13-/t15-/m1/s1. The van der Waals surface area contributed by atoms with Gasteiger partial charge in [-0.25, -0.2) is 17.6 Å². The number of carbonyl (C=O) groups is 2. The Morgan fingerprint density at radius 3 is 2.53 bits per heavy atom. The fraction of sp³-hybridized carbons (Fsp3) is 0.385. The number of anilines is 1. The quantitative estimate of drug-likeness (QED) is 0.334. The molecule has 5 nitrogen and oxygen atoms in total. The van der Waals surface area contributed by atoms with E-state index in [1.54, 1.807) is 6.92 Å². The van der Waals surface area contributed by atoms with E-state index in [1.165, 1.54) is 0 Å². The van der Waals surface area contributed by atoms with Crippen molar-refractivity contribution in [3.63, 3.8) is 0 Å². The molecular weight excluding hydrogens is 521 g/mol. The third-order valence-corrected chi connectivity index (χ3v) is 5.66. The van der Waals surface area contributed by atoms with Crippen molar-refractivity contribution in [1.29, 1.82) is 0 Å². The minimum atomic E-state index is -5.05. The predicted molar refractivity (Wildman–Crippen MR) is 126 cm³/mol. The summed E-state index contributed by atoms with van der Waals surface area (Å²) in [4.78, 5) is 26.3. The van der Waals surface area contributed by atoms with Crippen molar-refractivity contribution in [2.45, 2.75) is 45.0 Å². The molecule has 1 heterocycles. The number of alkyl halides is 6. The molecule has 0 saturated heterocycles. The molecule has 1 atom stereocenters. The third kappa shape index (κ3) is 6.65. The molecule has 2 amide bonds. The van der Waals surface area contributed by atoms with Gasteiger partial charge in [-0.3, -0.25) is 9.59 Å². The van der Waals surface area contributed by atoms with Crippen molar-refractivity contribution in [3.05, 3.63) is 65.0 Å². The molecule has 1 aliphatic heterocycles. The number of nitrogens with one attached hydrogen (secondary N) is 1. The number of nitrogens with zero attached hydrogens (tertiary/aromatic N) is 1. The van der Waals surface area contributed by atoms with Gasteiger partial charge in [-0.2, -0.15) is 13.2 Å². The van der Waals surface area contributed by atoms with E-state index in [-0.39, 0.29) is 18.0 Å². The van der Waals surface area contributed by atoms with Gasteiger partial charge in [0.2, 0.25) is 5.91 Å². The number of benzene rings is 2. The Kier molecular flexibility index (Phi) is 8.73. The number of ether oxygens (including phenoxy) is 1. The van der Waals surface area contributed by atoms with Crippen LogP contribution >= 0.6 is 0 Å². The van der Waals surface area contributed by atoms with Gasteiger partial charge in [-0.05, 0) is 49.7 Å². The lowest BCUT2D eigenvalue weighted by Crippen LogP contribution is -2.34. The number of amides is 2. The van der Waals surface area contributed by atoms with E-state index in [0.717, 1.165) is 31.2 Å². The largest absolute Gasteiger partial charge is 0.491 e. The zero-order valence-electron chi connectivity index (χ0n) is 20.5. The molecule has 1 N–H and O–H groups in total. The molecule has 0 unspecified atom stereocenters. The van der Waals surface area contributed by atoms with E-state index < -0.39 is 77.7 Å². The number of hydrogen-bond donors (Lipinski definition) is 1. The molecule has 12 heteroatoms. The summed E-state index contributed by atoms with van der Waals surface area (Å²) >= 11 is 0. The highest BCUT2D eigenvalue weighted by molar-refractivity contribution is 6.10. The lowest BCUT2D eigenvalue weighted by molar-refractivity contribution is -0.138. The Bertz CT molecular complexity index is 1230. The van der Waals surface area contributed by atoms with E-state index >= 15 is 8.78 Å². The van der Waals surface area contributed by atoms with Crippen molar-refractivity contribution in [2.75, 3.05) is 24.6 Å². The summed E-state index contributed by atoms with van der Waals surface area (Å²) in [6.07, 6.45) is -6.42. The number of carbonyl (C=O) groups excluding carboxylic acids is 2. The molecule has 2 aromatic carbocycles. The fourth-order valence-corrected chi connectivity index (χ4v) is 3.88. The van der Waals surface area contributed by atoms with Gasteiger partial charge >= 0.3 is 6.18 Å². The van der Waals surface area contributed by atoms with E-state index in [4.69, 9.17) is 4.74 Å². The van der Waals surface area contributed by atoms with Crippen molar-refractivity contribution < 1.29 is 45.1 Å². The first-order chi connectivity index (χ1) is 17.7. The normalized spacial score (nSPS) is 17.0. The summed E-state index contributed by atoms with van der Waals surface area (Å²) in [5, 5.41) is 2.41. The molecule has 1 aliphatic rings. The summed E-state index contributed by atoms with van der Waals surface area (Å²) in [7, 11) is 0. The van der Waals surface area contributed by atoms with Crippen LogP contribution in [0, 0.1) is 5.82 Å². The maximum absolute atomic E-state index is 15.2. The highest BCUT2D eigenvalue weighted by atomic mass is 19.4. The van der Waals surface area contributed by atoms with Gasteiger partial charge in [0.15, 0.2) is 0 Å². The first-order valence-corrected chi connectivity index (χ1v) is 11.7. The molecule has 2 aromatic rings. The van der Waals surface area contributed by atoms with E-state index in [1.807, 2.05) is 0 Å². The molecule has 0 fully saturated rings. The Balaban J connectivity index is 2.12. The molecule has 0 saturated carbocycles. The van der Waals surface area contributed by atoms with Gasteiger partial charge < -0.3 is 15.0 Å². The Morgan fingerprint density at radius 1 is 1.18 bits per heavy atom. The maximum atomic E-state index is 15.2. The molecule has 0 radical (unpaired) electrons. The summed E-state index contributed by atoms with van der Waals surface area (Å²) in [5.41, 5.74) is -3.94. The lowest BCUT2D eigenvalue weighted by Gasteiger charge is -2.25. The topological polar surface area (TPSA) is 58.6 Å². The summed E-state index contributed by atoms with van der Waals surface area (Å²) in [6.45, 7) is 1.84. The smallest absolute Gasteiger partial charge is 0.417 e. The Hall–Kier alpha value is -3.57. The molecule has 0 aromatic heterocycles. The van der Waals surface area contributed by atoms with Crippen LogP contribution in [0.4, 0.5) is 36.4 Å². The second-order valence-electron chi connectivity index (χ2n) is 8.72. The van der Waals surface area contributed by atoms with E-state index in [9.17, 15) is 31.5 Å². The van der Waals surface area contributed by atoms with Crippen LogP contribution in [0.15, 0.2) is 42.5 Å². The fourth-order valence-electron chi connectivity index (χ4n) is 3.88. The van der Waals surface area contributed by atoms with Crippen LogP contribution in [-0.4, -0.2) is 43.6 Å². The van der Waals surface area contributed by atoms with Gasteiger partial charge in [0.05, 0.1) is 16.8 Å². The summed E-state index contributed by atoms with van der Waals surface area (Å²) in [6, 6.07) is 4.94. The average molecular weight is 546 g/mol.